The van der Waals surface area contributed by atoms with E-state index >= 15 is 0 Å². The summed E-state index contributed by atoms with van der Waals surface area (Å²) in [7, 11) is 0. The Kier molecular flexibility index (Phi) is 4.74. The molecule has 20 heavy (non-hydrogen) atoms. The van der Waals surface area contributed by atoms with Gasteiger partial charge in [-0.1, -0.05) is 42.5 Å². The van der Waals surface area contributed by atoms with E-state index in [1.165, 1.54) is 10.8 Å². The van der Waals surface area contributed by atoms with Gasteiger partial charge in [0.1, 0.15) is 0 Å². The van der Waals surface area contributed by atoms with Crippen molar-refractivity contribution in [3.8, 4) is 0 Å². The van der Waals surface area contributed by atoms with Crippen molar-refractivity contribution in [1.82, 2.24) is 5.32 Å². The van der Waals surface area contributed by atoms with E-state index in [2.05, 4.69) is 29.6 Å². The molecule has 0 aliphatic heterocycles. The molecule has 1 amide bonds. The van der Waals surface area contributed by atoms with E-state index in [1.807, 2.05) is 32.0 Å². The van der Waals surface area contributed by atoms with Crippen LogP contribution in [0.5, 0.6) is 0 Å². The lowest BCUT2D eigenvalue weighted by Gasteiger charge is -2.14. The molecule has 0 aromatic heterocycles. The molecule has 0 bridgehead atoms. The first-order valence-corrected chi connectivity index (χ1v) is 7.10. The normalized spacial score (nSPS) is 13.9. The number of carbonyl (C=O) groups excluding carboxylic acids is 1. The van der Waals surface area contributed by atoms with Crippen LogP contribution >= 0.6 is 0 Å². The third-order valence-corrected chi connectivity index (χ3v) is 3.57. The minimum absolute atomic E-state index is 0.0564. The first-order chi connectivity index (χ1) is 9.58. The van der Waals surface area contributed by atoms with E-state index in [0.29, 0.717) is 6.54 Å². The van der Waals surface area contributed by atoms with Crippen LogP contribution in [0, 0.1) is 0 Å². The Morgan fingerprint density at radius 1 is 1.15 bits per heavy atom. The smallest absolute Gasteiger partial charge is 0.227 e. The van der Waals surface area contributed by atoms with Crippen molar-refractivity contribution in [2.45, 2.75) is 32.2 Å². The summed E-state index contributed by atoms with van der Waals surface area (Å²) >= 11 is 0. The summed E-state index contributed by atoms with van der Waals surface area (Å²) in [5, 5.41) is 5.30. The standard InChI is InChI=1S/C17H22N2O/c1-12(18)9-10-19-17(20)13(2)15-8-7-14-5-3-4-6-16(14)11-15/h3-8,11-13H,9-10,18H2,1-2H3,(H,19,20). The Morgan fingerprint density at radius 3 is 2.55 bits per heavy atom. The van der Waals surface area contributed by atoms with Gasteiger partial charge in [0, 0.05) is 12.6 Å². The molecular weight excluding hydrogens is 248 g/mol. The molecule has 2 aromatic rings. The second-order valence-corrected chi connectivity index (χ2v) is 5.39. The molecule has 0 spiro atoms. The van der Waals surface area contributed by atoms with E-state index in [9.17, 15) is 4.79 Å². The fourth-order valence-corrected chi connectivity index (χ4v) is 2.20. The van der Waals surface area contributed by atoms with Crippen LogP contribution in [0.4, 0.5) is 0 Å². The molecule has 106 valence electrons. The van der Waals surface area contributed by atoms with Crippen LogP contribution in [0.3, 0.4) is 0 Å². The molecule has 3 heteroatoms. The van der Waals surface area contributed by atoms with Crippen molar-refractivity contribution in [1.29, 1.82) is 0 Å². The van der Waals surface area contributed by atoms with Gasteiger partial charge in [0.15, 0.2) is 0 Å². The number of amides is 1. The Labute approximate surface area is 120 Å². The topological polar surface area (TPSA) is 55.1 Å². The molecule has 2 rings (SSSR count). The lowest BCUT2D eigenvalue weighted by molar-refractivity contribution is -0.122. The van der Waals surface area contributed by atoms with Gasteiger partial charge >= 0.3 is 0 Å². The molecule has 3 nitrogen and oxygen atoms in total. The van der Waals surface area contributed by atoms with Crippen LogP contribution in [0.25, 0.3) is 10.8 Å². The molecule has 2 atom stereocenters. The largest absolute Gasteiger partial charge is 0.356 e. The Morgan fingerprint density at radius 2 is 1.85 bits per heavy atom. The van der Waals surface area contributed by atoms with E-state index in [4.69, 9.17) is 5.73 Å². The van der Waals surface area contributed by atoms with Crippen molar-refractivity contribution in [2.24, 2.45) is 5.73 Å². The molecule has 2 aromatic carbocycles. The zero-order chi connectivity index (χ0) is 14.5. The Bertz CT molecular complexity index is 592. The summed E-state index contributed by atoms with van der Waals surface area (Å²) in [6, 6.07) is 14.5. The van der Waals surface area contributed by atoms with Gasteiger partial charge in [0.25, 0.3) is 0 Å². The summed E-state index contributed by atoms with van der Waals surface area (Å²) in [6.07, 6.45) is 0.802. The van der Waals surface area contributed by atoms with Gasteiger partial charge in [-0.15, -0.1) is 0 Å². The molecule has 0 heterocycles. The van der Waals surface area contributed by atoms with Gasteiger partial charge in [-0.3, -0.25) is 4.79 Å². The zero-order valence-corrected chi connectivity index (χ0v) is 12.1. The second kappa shape index (κ2) is 6.53. The average molecular weight is 270 g/mol. The number of benzene rings is 2. The summed E-state index contributed by atoms with van der Waals surface area (Å²) in [4.78, 5) is 12.1. The monoisotopic (exact) mass is 270 g/mol. The van der Waals surface area contributed by atoms with Gasteiger partial charge in [-0.05, 0) is 36.6 Å². The minimum Gasteiger partial charge on any atom is -0.356 e. The molecule has 0 fully saturated rings. The third kappa shape index (κ3) is 3.58. The molecule has 0 saturated carbocycles. The maximum Gasteiger partial charge on any atom is 0.227 e. The Balaban J connectivity index is 2.06. The zero-order valence-electron chi connectivity index (χ0n) is 12.1. The number of carbonyl (C=O) groups is 1. The van der Waals surface area contributed by atoms with E-state index < -0.39 is 0 Å². The number of rotatable bonds is 5. The minimum atomic E-state index is -0.146. The van der Waals surface area contributed by atoms with Gasteiger partial charge in [-0.25, -0.2) is 0 Å². The molecule has 0 saturated heterocycles. The van der Waals surface area contributed by atoms with Crippen LogP contribution < -0.4 is 11.1 Å². The molecular formula is C17H22N2O. The predicted octanol–water partition coefficient (Wildman–Crippen LogP) is 2.80. The van der Waals surface area contributed by atoms with Crippen molar-refractivity contribution >= 4 is 16.7 Å². The van der Waals surface area contributed by atoms with Crippen molar-refractivity contribution < 1.29 is 4.79 Å². The number of hydrogen-bond donors (Lipinski definition) is 2. The highest BCUT2D eigenvalue weighted by Gasteiger charge is 2.15. The van der Waals surface area contributed by atoms with Crippen molar-refractivity contribution in [2.75, 3.05) is 6.54 Å². The summed E-state index contributed by atoms with van der Waals surface area (Å²) in [5.41, 5.74) is 6.72. The molecule has 3 N–H and O–H groups in total. The number of fused-ring (bicyclic) bond motifs is 1. The van der Waals surface area contributed by atoms with Crippen LogP contribution in [0.15, 0.2) is 42.5 Å². The third-order valence-electron chi connectivity index (χ3n) is 3.57. The summed E-state index contributed by atoms with van der Waals surface area (Å²) < 4.78 is 0. The number of nitrogens with one attached hydrogen (secondary N) is 1. The molecule has 2 unspecified atom stereocenters. The first-order valence-electron chi connectivity index (χ1n) is 7.10. The van der Waals surface area contributed by atoms with Crippen molar-refractivity contribution in [3.63, 3.8) is 0 Å². The fraction of sp³-hybridized carbons (Fsp3) is 0.353. The quantitative estimate of drug-likeness (QED) is 0.877. The Hall–Kier alpha value is -1.87. The highest BCUT2D eigenvalue weighted by molar-refractivity contribution is 5.87. The maximum atomic E-state index is 12.1. The van der Waals surface area contributed by atoms with Crippen molar-refractivity contribution in [3.05, 3.63) is 48.0 Å². The van der Waals surface area contributed by atoms with Crippen LogP contribution in [-0.2, 0) is 4.79 Å². The fourth-order valence-electron chi connectivity index (χ4n) is 2.20. The van der Waals surface area contributed by atoms with E-state index in [1.54, 1.807) is 0 Å². The lowest BCUT2D eigenvalue weighted by Crippen LogP contribution is -2.31. The first kappa shape index (κ1) is 14.5. The van der Waals surface area contributed by atoms with E-state index in [-0.39, 0.29) is 17.9 Å². The number of nitrogens with two attached hydrogens (primary N) is 1. The second-order valence-electron chi connectivity index (χ2n) is 5.39. The molecule has 0 aliphatic carbocycles. The van der Waals surface area contributed by atoms with Crippen LogP contribution in [0.2, 0.25) is 0 Å². The summed E-state index contributed by atoms with van der Waals surface area (Å²) in [6.45, 7) is 4.51. The predicted molar refractivity (Wildman–Crippen MR) is 83.6 cm³/mol. The summed E-state index contributed by atoms with van der Waals surface area (Å²) in [5.74, 6) is -0.0892. The van der Waals surface area contributed by atoms with Gasteiger partial charge < -0.3 is 11.1 Å². The van der Waals surface area contributed by atoms with Crippen LogP contribution in [0.1, 0.15) is 31.7 Å². The lowest BCUT2D eigenvalue weighted by atomic mass is 9.97. The number of hydrogen-bond acceptors (Lipinski definition) is 2. The maximum absolute atomic E-state index is 12.1. The average Bonchev–Trinajstić information content (AvgIpc) is 2.45. The molecule has 0 aliphatic rings. The van der Waals surface area contributed by atoms with Gasteiger partial charge in [0.05, 0.1) is 5.92 Å². The van der Waals surface area contributed by atoms with Gasteiger partial charge in [-0.2, -0.15) is 0 Å². The SMILES string of the molecule is CC(N)CCNC(=O)C(C)c1ccc2ccccc2c1. The molecule has 0 radical (unpaired) electrons. The highest BCUT2D eigenvalue weighted by atomic mass is 16.1. The van der Waals surface area contributed by atoms with Crippen LogP contribution in [-0.4, -0.2) is 18.5 Å². The van der Waals surface area contributed by atoms with E-state index in [0.717, 1.165) is 12.0 Å². The highest BCUT2D eigenvalue weighted by Crippen LogP contribution is 2.21. The van der Waals surface area contributed by atoms with Gasteiger partial charge in [0.2, 0.25) is 5.91 Å².